The summed E-state index contributed by atoms with van der Waals surface area (Å²) in [6.07, 6.45) is 0.888. The van der Waals surface area contributed by atoms with Crippen molar-refractivity contribution in [1.29, 1.82) is 5.26 Å². The summed E-state index contributed by atoms with van der Waals surface area (Å²) in [5.74, 6) is -0.490. The Morgan fingerprint density at radius 3 is 2.82 bits per heavy atom. The summed E-state index contributed by atoms with van der Waals surface area (Å²) in [5.41, 5.74) is 0.122. The first-order chi connectivity index (χ1) is 8.17. The van der Waals surface area contributed by atoms with Crippen LogP contribution in [0.15, 0.2) is 24.3 Å². The number of halogens is 1. The zero-order valence-electron chi connectivity index (χ0n) is 9.53. The van der Waals surface area contributed by atoms with Crippen LogP contribution in [-0.4, -0.2) is 12.1 Å². The van der Waals surface area contributed by atoms with Crippen molar-refractivity contribution in [2.45, 2.75) is 25.8 Å². The van der Waals surface area contributed by atoms with Crippen molar-refractivity contribution < 1.29 is 9.18 Å². The van der Waals surface area contributed by atoms with Crippen LogP contribution >= 0.6 is 0 Å². The number of nitrogens with zero attached hydrogens (tertiary/aromatic N) is 1. The van der Waals surface area contributed by atoms with E-state index in [4.69, 9.17) is 5.26 Å². The maximum atomic E-state index is 13.2. The van der Waals surface area contributed by atoms with Crippen LogP contribution in [0.3, 0.4) is 0 Å². The number of carbonyl (C=O) groups excluding carboxylic acids is 1. The predicted octanol–water partition coefficient (Wildman–Crippen LogP) is 2.64. The van der Waals surface area contributed by atoms with E-state index in [0.29, 0.717) is 6.42 Å². The summed E-state index contributed by atoms with van der Waals surface area (Å²) in [6.45, 7) is 1.87. The molecule has 2 amide bonds. The predicted molar refractivity (Wildman–Crippen MR) is 62.9 cm³/mol. The fourth-order valence-corrected chi connectivity index (χ4v) is 1.31. The molecule has 1 aromatic carbocycles. The molecule has 0 aliphatic heterocycles. The lowest BCUT2D eigenvalue weighted by Gasteiger charge is -2.14. The van der Waals surface area contributed by atoms with Gasteiger partial charge in [-0.2, -0.15) is 5.26 Å². The third-order valence-electron chi connectivity index (χ3n) is 2.29. The van der Waals surface area contributed by atoms with E-state index in [0.717, 1.165) is 0 Å². The van der Waals surface area contributed by atoms with Crippen molar-refractivity contribution in [2.24, 2.45) is 0 Å². The summed E-state index contributed by atoms with van der Waals surface area (Å²) < 4.78 is 13.2. The number of rotatable bonds is 4. The molecule has 0 saturated heterocycles. The molecule has 1 aromatic rings. The zero-order chi connectivity index (χ0) is 12.7. The quantitative estimate of drug-likeness (QED) is 0.842. The normalized spacial score (nSPS) is 11.4. The van der Waals surface area contributed by atoms with E-state index in [9.17, 15) is 9.18 Å². The maximum Gasteiger partial charge on any atom is 0.319 e. The number of carbonyl (C=O) groups is 1. The van der Waals surface area contributed by atoms with Crippen LogP contribution in [0.1, 0.15) is 19.8 Å². The molecule has 1 atom stereocenters. The summed E-state index contributed by atoms with van der Waals surface area (Å²) in [4.78, 5) is 11.5. The van der Waals surface area contributed by atoms with E-state index in [2.05, 4.69) is 10.6 Å². The third kappa shape index (κ3) is 4.11. The highest BCUT2D eigenvalue weighted by Crippen LogP contribution is 2.12. The number of anilines is 1. The second-order valence-corrected chi connectivity index (χ2v) is 3.55. The Hall–Kier alpha value is -2.09. The van der Waals surface area contributed by atoms with Gasteiger partial charge in [0.15, 0.2) is 0 Å². The topological polar surface area (TPSA) is 64.9 Å². The Kier molecular flexibility index (Phi) is 4.95. The van der Waals surface area contributed by atoms with Gasteiger partial charge in [-0.3, -0.25) is 0 Å². The minimum Gasteiger partial charge on any atom is -0.334 e. The lowest BCUT2D eigenvalue weighted by atomic mass is 10.2. The highest BCUT2D eigenvalue weighted by molar-refractivity contribution is 5.89. The first kappa shape index (κ1) is 13.0. The van der Waals surface area contributed by atoms with E-state index >= 15 is 0 Å². The van der Waals surface area contributed by atoms with Gasteiger partial charge in [0.2, 0.25) is 0 Å². The molecule has 1 rings (SSSR count). The van der Waals surface area contributed by atoms with Crippen LogP contribution in [0.25, 0.3) is 0 Å². The molecule has 0 spiro atoms. The Bertz CT molecular complexity index is 428. The standard InChI is InChI=1S/C12H14FN3O/c1-2-9(7-8-14)15-12(17)16-11-6-4-3-5-10(11)13/h3-6,9H,2,7H2,1H3,(H2,15,16,17). The fourth-order valence-electron chi connectivity index (χ4n) is 1.31. The molecule has 0 aliphatic rings. The number of hydrogen-bond acceptors (Lipinski definition) is 2. The fraction of sp³-hybridized carbons (Fsp3) is 0.333. The van der Waals surface area contributed by atoms with Crippen molar-refractivity contribution in [1.82, 2.24) is 5.32 Å². The molecule has 0 saturated carbocycles. The van der Waals surface area contributed by atoms with Gasteiger partial charge in [-0.25, -0.2) is 9.18 Å². The molecule has 0 bridgehead atoms. The first-order valence-electron chi connectivity index (χ1n) is 5.36. The molecule has 0 fully saturated rings. The van der Waals surface area contributed by atoms with Crippen LogP contribution in [0.4, 0.5) is 14.9 Å². The second-order valence-electron chi connectivity index (χ2n) is 3.55. The van der Waals surface area contributed by atoms with Gasteiger partial charge in [0, 0.05) is 6.04 Å². The molecule has 1 unspecified atom stereocenters. The number of nitriles is 1. The number of benzene rings is 1. The monoisotopic (exact) mass is 235 g/mol. The minimum absolute atomic E-state index is 0.122. The van der Waals surface area contributed by atoms with Gasteiger partial charge < -0.3 is 10.6 Å². The average molecular weight is 235 g/mol. The highest BCUT2D eigenvalue weighted by Gasteiger charge is 2.11. The van der Waals surface area contributed by atoms with E-state index in [1.807, 2.05) is 13.0 Å². The lowest BCUT2D eigenvalue weighted by Crippen LogP contribution is -2.37. The summed E-state index contributed by atoms with van der Waals surface area (Å²) in [5, 5.41) is 13.5. The largest absolute Gasteiger partial charge is 0.334 e. The van der Waals surface area contributed by atoms with E-state index in [1.54, 1.807) is 12.1 Å². The Morgan fingerprint density at radius 2 is 2.24 bits per heavy atom. The smallest absolute Gasteiger partial charge is 0.319 e. The van der Waals surface area contributed by atoms with Crippen molar-refractivity contribution in [3.05, 3.63) is 30.1 Å². The third-order valence-corrected chi connectivity index (χ3v) is 2.29. The molecule has 0 aliphatic carbocycles. The van der Waals surface area contributed by atoms with Gasteiger partial charge in [-0.15, -0.1) is 0 Å². The number of nitrogens with one attached hydrogen (secondary N) is 2. The van der Waals surface area contributed by atoms with Crippen molar-refractivity contribution >= 4 is 11.7 Å². The highest BCUT2D eigenvalue weighted by atomic mass is 19.1. The second kappa shape index (κ2) is 6.48. The van der Waals surface area contributed by atoms with Crippen LogP contribution in [-0.2, 0) is 0 Å². The van der Waals surface area contributed by atoms with Gasteiger partial charge in [0.05, 0.1) is 18.2 Å². The molecular formula is C12H14FN3O. The van der Waals surface area contributed by atoms with E-state index < -0.39 is 11.8 Å². The van der Waals surface area contributed by atoms with Gasteiger partial charge >= 0.3 is 6.03 Å². The van der Waals surface area contributed by atoms with Crippen molar-refractivity contribution in [3.8, 4) is 6.07 Å². The van der Waals surface area contributed by atoms with Crippen LogP contribution in [0.5, 0.6) is 0 Å². The molecule has 90 valence electrons. The minimum atomic E-state index is -0.503. The molecule has 0 heterocycles. The van der Waals surface area contributed by atoms with E-state index in [-0.39, 0.29) is 18.2 Å². The van der Waals surface area contributed by atoms with Gasteiger partial charge in [-0.05, 0) is 18.6 Å². The number of amides is 2. The molecule has 0 radical (unpaired) electrons. The van der Waals surface area contributed by atoms with Gasteiger partial charge in [-0.1, -0.05) is 19.1 Å². The molecule has 0 aromatic heterocycles. The average Bonchev–Trinajstić information content (AvgIpc) is 2.31. The number of hydrogen-bond donors (Lipinski definition) is 2. The van der Waals surface area contributed by atoms with Crippen LogP contribution < -0.4 is 10.6 Å². The SMILES string of the molecule is CCC(CC#N)NC(=O)Nc1ccccc1F. The summed E-state index contributed by atoms with van der Waals surface area (Å²) in [7, 11) is 0. The van der Waals surface area contributed by atoms with E-state index in [1.165, 1.54) is 12.1 Å². The molecular weight excluding hydrogens is 221 g/mol. The molecule has 4 nitrogen and oxygen atoms in total. The summed E-state index contributed by atoms with van der Waals surface area (Å²) in [6, 6.07) is 7.18. The Labute approximate surface area is 99.4 Å². The maximum absolute atomic E-state index is 13.2. The van der Waals surface area contributed by atoms with Crippen molar-refractivity contribution in [2.75, 3.05) is 5.32 Å². The Morgan fingerprint density at radius 1 is 1.53 bits per heavy atom. The first-order valence-corrected chi connectivity index (χ1v) is 5.36. The lowest BCUT2D eigenvalue weighted by molar-refractivity contribution is 0.248. The zero-order valence-corrected chi connectivity index (χ0v) is 9.53. The molecule has 2 N–H and O–H groups in total. The molecule has 17 heavy (non-hydrogen) atoms. The van der Waals surface area contributed by atoms with Gasteiger partial charge in [0.1, 0.15) is 5.82 Å². The summed E-state index contributed by atoms with van der Waals surface area (Å²) >= 11 is 0. The van der Waals surface area contributed by atoms with Crippen LogP contribution in [0.2, 0.25) is 0 Å². The van der Waals surface area contributed by atoms with Crippen LogP contribution in [0, 0.1) is 17.1 Å². The number of para-hydroxylation sites is 1. The Balaban J connectivity index is 2.56. The van der Waals surface area contributed by atoms with Crippen molar-refractivity contribution in [3.63, 3.8) is 0 Å². The molecule has 5 heteroatoms. The number of urea groups is 1. The van der Waals surface area contributed by atoms with Gasteiger partial charge in [0.25, 0.3) is 0 Å².